The number of ether oxygens (including phenoxy) is 1. The fourth-order valence-electron chi connectivity index (χ4n) is 3.23. The molecule has 23 heavy (non-hydrogen) atoms. The molecule has 0 radical (unpaired) electrons. The summed E-state index contributed by atoms with van der Waals surface area (Å²) in [7, 11) is 0. The fraction of sp³-hybridized carbons (Fsp3) is 0.368. The molecule has 0 amide bonds. The zero-order chi connectivity index (χ0) is 15.6. The molecule has 1 unspecified atom stereocenters. The van der Waals surface area contributed by atoms with E-state index in [1.165, 1.54) is 12.0 Å². The second kappa shape index (κ2) is 6.13. The van der Waals surface area contributed by atoms with E-state index < -0.39 is 0 Å². The molecule has 1 aliphatic rings. The molecule has 3 aromatic rings. The Labute approximate surface area is 136 Å². The Hall–Kier alpha value is -2.20. The van der Waals surface area contributed by atoms with Crippen molar-refractivity contribution in [2.24, 2.45) is 0 Å². The molecule has 1 aliphatic heterocycles. The van der Waals surface area contributed by atoms with Gasteiger partial charge in [-0.25, -0.2) is 4.68 Å². The molecular formula is C19H21N3O. The Bertz CT molecular complexity index is 801. The highest BCUT2D eigenvalue weighted by molar-refractivity contribution is 5.92. The molecular weight excluding hydrogens is 286 g/mol. The molecule has 0 saturated carbocycles. The highest BCUT2D eigenvalue weighted by atomic mass is 16.5. The van der Waals surface area contributed by atoms with Gasteiger partial charge in [-0.05, 0) is 37.3 Å². The maximum atomic E-state index is 5.94. The lowest BCUT2D eigenvalue weighted by Crippen LogP contribution is -2.19. The summed E-state index contributed by atoms with van der Waals surface area (Å²) in [5.74, 6) is 0. The average Bonchev–Trinajstić information content (AvgIpc) is 3.02. The molecule has 0 spiro atoms. The van der Waals surface area contributed by atoms with E-state index >= 15 is 0 Å². The van der Waals surface area contributed by atoms with Crippen molar-refractivity contribution in [1.29, 1.82) is 0 Å². The zero-order valence-corrected chi connectivity index (χ0v) is 13.4. The third kappa shape index (κ3) is 2.63. The summed E-state index contributed by atoms with van der Waals surface area (Å²) in [5.41, 5.74) is 4.56. The molecule has 1 saturated heterocycles. The largest absolute Gasteiger partial charge is 0.356 e. The van der Waals surface area contributed by atoms with Gasteiger partial charge in [-0.15, -0.1) is 0 Å². The van der Waals surface area contributed by atoms with Gasteiger partial charge in [0.15, 0.2) is 6.23 Å². The minimum atomic E-state index is 0.0392. The number of hydrogen-bond acceptors (Lipinski definition) is 3. The third-order valence-corrected chi connectivity index (χ3v) is 4.57. The fourth-order valence-corrected chi connectivity index (χ4v) is 3.23. The minimum absolute atomic E-state index is 0.0392. The smallest absolute Gasteiger partial charge is 0.150 e. The lowest BCUT2D eigenvalue weighted by atomic mass is 10.1. The van der Waals surface area contributed by atoms with Gasteiger partial charge >= 0.3 is 0 Å². The number of rotatable bonds is 3. The van der Waals surface area contributed by atoms with Gasteiger partial charge in [0.05, 0.1) is 5.52 Å². The predicted octanol–water partition coefficient (Wildman–Crippen LogP) is 4.36. The average molecular weight is 307 g/mol. The summed E-state index contributed by atoms with van der Waals surface area (Å²) < 4.78 is 7.98. The zero-order valence-electron chi connectivity index (χ0n) is 13.4. The summed E-state index contributed by atoms with van der Waals surface area (Å²) in [5, 5.41) is 5.98. The number of aromatic nitrogens is 3. The van der Waals surface area contributed by atoms with E-state index in [0.29, 0.717) is 0 Å². The van der Waals surface area contributed by atoms with Crippen LogP contribution in [-0.2, 0) is 11.2 Å². The first-order valence-corrected chi connectivity index (χ1v) is 8.40. The second-order valence-corrected chi connectivity index (χ2v) is 6.06. The van der Waals surface area contributed by atoms with E-state index in [0.717, 1.165) is 48.0 Å². The molecule has 2 aromatic heterocycles. The van der Waals surface area contributed by atoms with Gasteiger partial charge in [0.2, 0.25) is 0 Å². The molecule has 4 heteroatoms. The van der Waals surface area contributed by atoms with Crippen molar-refractivity contribution in [3.8, 4) is 11.3 Å². The standard InChI is InChI=1S/C19H21N3O/c1-2-14-6-8-15(9-7-14)19-16-13-20-11-10-17(16)22(21-19)18-5-3-4-12-23-18/h6-11,13,18H,2-5,12H2,1H3. The Morgan fingerprint density at radius 1 is 1.17 bits per heavy atom. The maximum Gasteiger partial charge on any atom is 0.150 e. The van der Waals surface area contributed by atoms with Crippen LogP contribution < -0.4 is 0 Å². The van der Waals surface area contributed by atoms with E-state index in [4.69, 9.17) is 9.84 Å². The van der Waals surface area contributed by atoms with Crippen LogP contribution in [0.1, 0.15) is 38.0 Å². The van der Waals surface area contributed by atoms with Crippen LogP contribution >= 0.6 is 0 Å². The quantitative estimate of drug-likeness (QED) is 0.722. The van der Waals surface area contributed by atoms with Crippen LogP contribution in [0, 0.1) is 0 Å². The SMILES string of the molecule is CCc1ccc(-c2nn(C3CCCCO3)c3ccncc23)cc1. The first-order valence-electron chi connectivity index (χ1n) is 8.40. The van der Waals surface area contributed by atoms with Crippen LogP contribution in [0.15, 0.2) is 42.7 Å². The Kier molecular flexibility index (Phi) is 3.83. The first kappa shape index (κ1) is 14.4. The molecule has 118 valence electrons. The molecule has 1 fully saturated rings. The van der Waals surface area contributed by atoms with Crippen LogP contribution in [0.2, 0.25) is 0 Å². The lowest BCUT2D eigenvalue weighted by Gasteiger charge is -2.23. The molecule has 0 N–H and O–H groups in total. The van der Waals surface area contributed by atoms with Crippen molar-refractivity contribution in [3.63, 3.8) is 0 Å². The van der Waals surface area contributed by atoms with Gasteiger partial charge in [0.25, 0.3) is 0 Å². The molecule has 0 bridgehead atoms. The van der Waals surface area contributed by atoms with Crippen LogP contribution in [0.25, 0.3) is 22.2 Å². The molecule has 4 rings (SSSR count). The predicted molar refractivity (Wildman–Crippen MR) is 91.2 cm³/mol. The second-order valence-electron chi connectivity index (χ2n) is 6.06. The normalized spacial score (nSPS) is 18.4. The van der Waals surface area contributed by atoms with Crippen molar-refractivity contribution >= 4 is 10.9 Å². The number of aryl methyl sites for hydroxylation is 1. The van der Waals surface area contributed by atoms with Crippen LogP contribution in [0.5, 0.6) is 0 Å². The van der Waals surface area contributed by atoms with Crippen LogP contribution in [-0.4, -0.2) is 21.4 Å². The Morgan fingerprint density at radius 2 is 2.04 bits per heavy atom. The van der Waals surface area contributed by atoms with Gasteiger partial charge < -0.3 is 4.74 Å². The van der Waals surface area contributed by atoms with Crippen molar-refractivity contribution in [1.82, 2.24) is 14.8 Å². The van der Waals surface area contributed by atoms with Gasteiger partial charge in [-0.1, -0.05) is 31.2 Å². The number of fused-ring (bicyclic) bond motifs is 1. The van der Waals surface area contributed by atoms with Gasteiger partial charge in [-0.3, -0.25) is 4.98 Å². The van der Waals surface area contributed by atoms with Crippen molar-refractivity contribution in [2.45, 2.75) is 38.8 Å². The third-order valence-electron chi connectivity index (χ3n) is 4.57. The highest BCUT2D eigenvalue weighted by Gasteiger charge is 2.21. The Morgan fingerprint density at radius 3 is 2.78 bits per heavy atom. The summed E-state index contributed by atoms with van der Waals surface area (Å²) in [6, 6.07) is 10.7. The van der Waals surface area contributed by atoms with Gasteiger partial charge in [0, 0.05) is 30.0 Å². The summed E-state index contributed by atoms with van der Waals surface area (Å²) in [6.07, 6.45) is 8.18. The molecule has 4 nitrogen and oxygen atoms in total. The first-order chi connectivity index (χ1) is 11.4. The van der Waals surface area contributed by atoms with Crippen LogP contribution in [0.3, 0.4) is 0 Å². The van der Waals surface area contributed by atoms with E-state index in [1.54, 1.807) is 0 Å². The number of pyridine rings is 1. The van der Waals surface area contributed by atoms with E-state index in [1.807, 2.05) is 23.1 Å². The van der Waals surface area contributed by atoms with E-state index in [9.17, 15) is 0 Å². The topological polar surface area (TPSA) is 39.9 Å². The van der Waals surface area contributed by atoms with Crippen LogP contribution in [0.4, 0.5) is 0 Å². The molecule has 1 atom stereocenters. The summed E-state index contributed by atoms with van der Waals surface area (Å²) in [6.45, 7) is 2.99. The lowest BCUT2D eigenvalue weighted by molar-refractivity contribution is -0.0365. The number of benzene rings is 1. The Balaban J connectivity index is 1.82. The number of hydrogen-bond donors (Lipinski definition) is 0. The summed E-state index contributed by atoms with van der Waals surface area (Å²) >= 11 is 0. The molecule has 1 aromatic carbocycles. The monoisotopic (exact) mass is 307 g/mol. The maximum absolute atomic E-state index is 5.94. The van der Waals surface area contributed by atoms with E-state index in [-0.39, 0.29) is 6.23 Å². The number of nitrogens with zero attached hydrogens (tertiary/aromatic N) is 3. The van der Waals surface area contributed by atoms with Crippen molar-refractivity contribution in [3.05, 3.63) is 48.3 Å². The highest BCUT2D eigenvalue weighted by Crippen LogP contribution is 2.32. The van der Waals surface area contributed by atoms with Crippen molar-refractivity contribution in [2.75, 3.05) is 6.61 Å². The van der Waals surface area contributed by atoms with Gasteiger partial charge in [0.1, 0.15) is 5.69 Å². The van der Waals surface area contributed by atoms with Gasteiger partial charge in [-0.2, -0.15) is 5.10 Å². The minimum Gasteiger partial charge on any atom is -0.356 e. The molecule has 0 aliphatic carbocycles. The molecule has 3 heterocycles. The summed E-state index contributed by atoms with van der Waals surface area (Å²) in [4.78, 5) is 4.30. The van der Waals surface area contributed by atoms with Crippen molar-refractivity contribution < 1.29 is 4.74 Å². The van der Waals surface area contributed by atoms with E-state index in [2.05, 4.69) is 36.2 Å².